The van der Waals surface area contributed by atoms with Crippen molar-refractivity contribution >= 4 is 5.91 Å². The molecule has 6 heteroatoms. The normalized spacial score (nSPS) is 18.0. The minimum Gasteiger partial charge on any atom is -0.351 e. The topological polar surface area (TPSA) is 59.0 Å². The third-order valence-electron chi connectivity index (χ3n) is 4.54. The molecule has 2 N–H and O–H groups in total. The molecular weight excluding hydrogens is 307 g/mol. The van der Waals surface area contributed by atoms with Gasteiger partial charge in [-0.25, -0.2) is 9.37 Å². The second kappa shape index (κ2) is 7.57. The summed E-state index contributed by atoms with van der Waals surface area (Å²) < 4.78 is 15.7. The molecule has 24 heavy (non-hydrogen) atoms. The van der Waals surface area contributed by atoms with Crippen LogP contribution in [0, 0.1) is 5.82 Å². The Labute approximate surface area is 141 Å². The van der Waals surface area contributed by atoms with Crippen molar-refractivity contribution in [3.05, 3.63) is 53.9 Å². The van der Waals surface area contributed by atoms with Crippen LogP contribution in [0.3, 0.4) is 0 Å². The summed E-state index contributed by atoms with van der Waals surface area (Å²) >= 11 is 0. The Morgan fingerprint density at radius 3 is 3.12 bits per heavy atom. The molecule has 0 saturated carbocycles. The molecule has 0 saturated heterocycles. The first-order valence-electron chi connectivity index (χ1n) is 8.40. The maximum absolute atomic E-state index is 13.6. The van der Waals surface area contributed by atoms with E-state index >= 15 is 0 Å². The second-order valence-corrected chi connectivity index (χ2v) is 6.26. The molecule has 0 aliphatic carbocycles. The number of aromatic nitrogens is 2. The highest BCUT2D eigenvalue weighted by Gasteiger charge is 2.22. The summed E-state index contributed by atoms with van der Waals surface area (Å²) in [5.74, 6) is 0.994. The lowest BCUT2D eigenvalue weighted by atomic mass is 9.98. The fraction of sp³-hybridized carbons (Fsp3) is 0.444. The number of nitrogens with zero attached hydrogens (tertiary/aromatic N) is 2. The summed E-state index contributed by atoms with van der Waals surface area (Å²) in [4.78, 5) is 16.6. The van der Waals surface area contributed by atoms with Crippen LogP contribution in [0.1, 0.15) is 37.1 Å². The zero-order valence-corrected chi connectivity index (χ0v) is 13.8. The zero-order chi connectivity index (χ0) is 16.9. The Balaban J connectivity index is 1.48. The molecule has 1 aromatic carbocycles. The molecule has 0 fully saturated rings. The van der Waals surface area contributed by atoms with Crippen LogP contribution in [-0.4, -0.2) is 28.0 Å². The number of carbonyl (C=O) groups excluding carboxylic acids is 1. The number of nitrogens with one attached hydrogen (secondary N) is 2. The van der Waals surface area contributed by atoms with Gasteiger partial charge in [0.15, 0.2) is 0 Å². The number of rotatable bonds is 6. The summed E-state index contributed by atoms with van der Waals surface area (Å²) in [6.45, 7) is 3.76. The fourth-order valence-corrected chi connectivity index (χ4v) is 3.09. The Hall–Kier alpha value is -2.21. The van der Waals surface area contributed by atoms with Gasteiger partial charge in [-0.2, -0.15) is 0 Å². The predicted octanol–water partition coefficient (Wildman–Crippen LogP) is 2.19. The van der Waals surface area contributed by atoms with Gasteiger partial charge in [-0.3, -0.25) is 4.79 Å². The molecule has 1 aliphatic rings. The molecule has 3 rings (SSSR count). The number of benzene rings is 1. The lowest BCUT2D eigenvalue weighted by Crippen LogP contribution is -2.43. The van der Waals surface area contributed by atoms with E-state index in [1.54, 1.807) is 18.2 Å². The zero-order valence-electron chi connectivity index (χ0n) is 13.8. The van der Waals surface area contributed by atoms with Gasteiger partial charge in [-0.05, 0) is 25.8 Å². The van der Waals surface area contributed by atoms with Crippen molar-refractivity contribution in [2.24, 2.45) is 0 Å². The molecule has 1 amide bonds. The van der Waals surface area contributed by atoms with Crippen LogP contribution < -0.4 is 10.6 Å². The molecule has 0 unspecified atom stereocenters. The largest absolute Gasteiger partial charge is 0.351 e. The van der Waals surface area contributed by atoms with Gasteiger partial charge >= 0.3 is 0 Å². The number of hydrogen-bond donors (Lipinski definition) is 2. The van der Waals surface area contributed by atoms with E-state index in [9.17, 15) is 9.18 Å². The lowest BCUT2D eigenvalue weighted by Gasteiger charge is -2.25. The van der Waals surface area contributed by atoms with Gasteiger partial charge in [0.1, 0.15) is 11.6 Å². The summed E-state index contributed by atoms with van der Waals surface area (Å²) in [6, 6.07) is 6.14. The average molecular weight is 330 g/mol. The maximum Gasteiger partial charge on any atom is 0.237 e. The third-order valence-corrected chi connectivity index (χ3v) is 4.54. The standard InChI is InChI=1S/C18H23FN4O/c1-13(18(24)22-11-14-5-2-3-7-16(14)19)21-12-15-6-4-9-23-10-8-20-17(15)23/h2-3,5,7-8,10,13,15,21H,4,6,9,11-12H2,1H3,(H,22,24)/t13-,15+/m1/s1. The number of aryl methyl sites for hydroxylation is 1. The summed E-state index contributed by atoms with van der Waals surface area (Å²) in [5, 5.41) is 6.05. The van der Waals surface area contributed by atoms with E-state index in [0.29, 0.717) is 18.0 Å². The molecular formula is C18H23FN4O. The van der Waals surface area contributed by atoms with Crippen LogP contribution in [0.25, 0.3) is 0 Å². The highest BCUT2D eigenvalue weighted by atomic mass is 19.1. The molecule has 0 radical (unpaired) electrons. The van der Waals surface area contributed by atoms with Crippen molar-refractivity contribution in [2.45, 2.75) is 44.8 Å². The Morgan fingerprint density at radius 2 is 2.29 bits per heavy atom. The summed E-state index contributed by atoms with van der Waals surface area (Å²) in [5.41, 5.74) is 0.493. The first kappa shape index (κ1) is 16.6. The lowest BCUT2D eigenvalue weighted by molar-refractivity contribution is -0.122. The van der Waals surface area contributed by atoms with E-state index in [-0.39, 0.29) is 24.3 Å². The van der Waals surface area contributed by atoms with Gasteiger partial charge in [0, 0.05) is 43.5 Å². The molecule has 2 heterocycles. The minimum atomic E-state index is -0.331. The van der Waals surface area contributed by atoms with Crippen LogP contribution in [-0.2, 0) is 17.9 Å². The van der Waals surface area contributed by atoms with Crippen LogP contribution in [0.5, 0.6) is 0 Å². The Kier molecular flexibility index (Phi) is 5.25. The van der Waals surface area contributed by atoms with Gasteiger partial charge < -0.3 is 15.2 Å². The quantitative estimate of drug-likeness (QED) is 0.854. The van der Waals surface area contributed by atoms with Gasteiger partial charge in [-0.1, -0.05) is 18.2 Å². The number of fused-ring (bicyclic) bond motifs is 1. The van der Waals surface area contributed by atoms with Crippen LogP contribution in [0.4, 0.5) is 4.39 Å². The van der Waals surface area contributed by atoms with Crippen LogP contribution in [0.2, 0.25) is 0 Å². The molecule has 0 spiro atoms. The smallest absolute Gasteiger partial charge is 0.237 e. The van der Waals surface area contributed by atoms with E-state index in [0.717, 1.165) is 25.2 Å². The maximum atomic E-state index is 13.6. The van der Waals surface area contributed by atoms with E-state index < -0.39 is 0 Å². The predicted molar refractivity (Wildman–Crippen MR) is 89.9 cm³/mol. The molecule has 0 bridgehead atoms. The van der Waals surface area contributed by atoms with Gasteiger partial charge in [0.25, 0.3) is 0 Å². The molecule has 1 aliphatic heterocycles. The van der Waals surface area contributed by atoms with Crippen molar-refractivity contribution in [2.75, 3.05) is 6.54 Å². The molecule has 5 nitrogen and oxygen atoms in total. The van der Waals surface area contributed by atoms with Crippen LogP contribution >= 0.6 is 0 Å². The molecule has 1 aromatic heterocycles. The first-order chi connectivity index (χ1) is 11.6. The van der Waals surface area contributed by atoms with Crippen molar-refractivity contribution in [1.82, 2.24) is 20.2 Å². The number of halogens is 1. The van der Waals surface area contributed by atoms with Crippen LogP contribution in [0.15, 0.2) is 36.7 Å². The highest BCUT2D eigenvalue weighted by molar-refractivity contribution is 5.81. The number of amides is 1. The van der Waals surface area contributed by atoms with Crippen molar-refractivity contribution < 1.29 is 9.18 Å². The molecule has 2 aromatic rings. The monoisotopic (exact) mass is 330 g/mol. The average Bonchev–Trinajstić information content (AvgIpc) is 3.08. The highest BCUT2D eigenvalue weighted by Crippen LogP contribution is 2.24. The first-order valence-corrected chi connectivity index (χ1v) is 8.40. The van der Waals surface area contributed by atoms with Crippen molar-refractivity contribution in [1.29, 1.82) is 0 Å². The van der Waals surface area contributed by atoms with Gasteiger partial charge in [0.05, 0.1) is 6.04 Å². The van der Waals surface area contributed by atoms with Crippen molar-refractivity contribution in [3.8, 4) is 0 Å². The number of imidazole rings is 1. The summed E-state index contributed by atoms with van der Waals surface area (Å²) in [7, 11) is 0. The summed E-state index contributed by atoms with van der Waals surface area (Å²) in [6.07, 6.45) is 6.04. The minimum absolute atomic E-state index is 0.127. The third kappa shape index (κ3) is 3.82. The number of carbonyl (C=O) groups is 1. The molecule has 128 valence electrons. The van der Waals surface area contributed by atoms with E-state index in [1.807, 2.05) is 19.3 Å². The fourth-order valence-electron chi connectivity index (χ4n) is 3.09. The second-order valence-electron chi connectivity index (χ2n) is 6.26. The number of hydrogen-bond acceptors (Lipinski definition) is 3. The Morgan fingerprint density at radius 1 is 1.46 bits per heavy atom. The molecule has 2 atom stereocenters. The Bertz CT molecular complexity index is 700. The van der Waals surface area contributed by atoms with E-state index in [4.69, 9.17) is 0 Å². The SMILES string of the molecule is C[C@@H](NC[C@@H]1CCCn2ccnc21)C(=O)NCc1ccccc1F. The van der Waals surface area contributed by atoms with E-state index in [2.05, 4.69) is 20.2 Å². The van der Waals surface area contributed by atoms with Gasteiger partial charge in [-0.15, -0.1) is 0 Å². The van der Waals surface area contributed by atoms with Crippen molar-refractivity contribution in [3.63, 3.8) is 0 Å². The van der Waals surface area contributed by atoms with Gasteiger partial charge in [0.2, 0.25) is 5.91 Å². The van der Waals surface area contributed by atoms with E-state index in [1.165, 1.54) is 6.07 Å².